The van der Waals surface area contributed by atoms with E-state index in [2.05, 4.69) is 29.1 Å². The zero-order valence-electron chi connectivity index (χ0n) is 18.4. The SMILES string of the molecule is CC(C)c1n[nH]c2cc(CC(C)n3nc(C(F)(F)F)c4c3CCC3(C4)OCCO3)ccc12. The molecule has 3 heterocycles. The molecule has 9 heteroatoms. The van der Waals surface area contributed by atoms with Gasteiger partial charge in [-0.1, -0.05) is 26.0 Å². The zero-order chi connectivity index (χ0) is 22.7. The number of benzene rings is 1. The molecule has 1 spiro atoms. The Morgan fingerprint density at radius 3 is 2.62 bits per heavy atom. The summed E-state index contributed by atoms with van der Waals surface area (Å²) in [6.07, 6.45) is -2.89. The lowest BCUT2D eigenvalue weighted by atomic mass is 9.89. The third-order valence-electron chi connectivity index (χ3n) is 6.54. The van der Waals surface area contributed by atoms with Crippen molar-refractivity contribution in [2.24, 2.45) is 0 Å². The van der Waals surface area contributed by atoms with Gasteiger partial charge in [0.05, 0.1) is 30.5 Å². The number of ether oxygens (including phenoxy) is 2. The first kappa shape index (κ1) is 21.5. The standard InChI is InChI=1S/C23H27F3N4O2/c1-13(2)20-16-5-4-15(11-18(16)27-28-20)10-14(3)30-19-6-7-22(31-8-9-32-22)12-17(19)21(29-30)23(24,25)26/h4-5,11,13-14H,6-10,12H2,1-3H3,(H,27,28). The Bertz CT molecular complexity index is 1140. The summed E-state index contributed by atoms with van der Waals surface area (Å²) in [6, 6.07) is 5.86. The Labute approximate surface area is 184 Å². The molecule has 2 aliphatic rings. The van der Waals surface area contributed by atoms with E-state index in [9.17, 15) is 13.2 Å². The Morgan fingerprint density at radius 1 is 1.19 bits per heavy atom. The molecule has 5 rings (SSSR count). The summed E-state index contributed by atoms with van der Waals surface area (Å²) >= 11 is 0. The highest BCUT2D eigenvalue weighted by atomic mass is 19.4. The lowest BCUT2D eigenvalue weighted by Crippen LogP contribution is -2.38. The van der Waals surface area contributed by atoms with E-state index in [1.165, 1.54) is 0 Å². The summed E-state index contributed by atoms with van der Waals surface area (Å²) < 4.78 is 54.4. The number of alkyl halides is 3. The fourth-order valence-corrected chi connectivity index (χ4v) is 5.04. The van der Waals surface area contributed by atoms with Crippen molar-refractivity contribution in [2.75, 3.05) is 13.2 Å². The first-order valence-corrected chi connectivity index (χ1v) is 11.1. The lowest BCUT2D eigenvalue weighted by Gasteiger charge is -2.32. The molecule has 172 valence electrons. The summed E-state index contributed by atoms with van der Waals surface area (Å²) in [6.45, 7) is 6.93. The minimum Gasteiger partial charge on any atom is -0.347 e. The van der Waals surface area contributed by atoms with Gasteiger partial charge in [0.25, 0.3) is 0 Å². The number of nitrogens with zero attached hydrogens (tertiary/aromatic N) is 3. The third kappa shape index (κ3) is 3.61. The molecular weight excluding hydrogens is 421 g/mol. The van der Waals surface area contributed by atoms with Crippen molar-refractivity contribution in [3.8, 4) is 0 Å². The quantitative estimate of drug-likeness (QED) is 0.614. The van der Waals surface area contributed by atoms with Gasteiger partial charge >= 0.3 is 6.18 Å². The number of fused-ring (bicyclic) bond motifs is 2. The van der Waals surface area contributed by atoms with E-state index < -0.39 is 17.7 Å². The third-order valence-corrected chi connectivity index (χ3v) is 6.54. The molecule has 6 nitrogen and oxygen atoms in total. The van der Waals surface area contributed by atoms with E-state index in [1.807, 2.05) is 25.1 Å². The molecule has 0 bridgehead atoms. The van der Waals surface area contributed by atoms with E-state index in [0.29, 0.717) is 44.1 Å². The van der Waals surface area contributed by atoms with Crippen molar-refractivity contribution in [3.63, 3.8) is 0 Å². The summed E-state index contributed by atoms with van der Waals surface area (Å²) in [4.78, 5) is 0. The van der Waals surface area contributed by atoms with Gasteiger partial charge in [-0.3, -0.25) is 9.78 Å². The van der Waals surface area contributed by atoms with Crippen LogP contribution in [-0.2, 0) is 34.9 Å². The fourth-order valence-electron chi connectivity index (χ4n) is 5.04. The molecule has 1 atom stereocenters. The molecule has 1 N–H and O–H groups in total. The van der Waals surface area contributed by atoms with Crippen LogP contribution in [0.1, 0.15) is 67.4 Å². The normalized spacial score (nSPS) is 19.2. The maximum absolute atomic E-state index is 13.8. The van der Waals surface area contributed by atoms with Gasteiger partial charge in [-0.05, 0) is 37.3 Å². The van der Waals surface area contributed by atoms with Crippen LogP contribution in [-0.4, -0.2) is 39.0 Å². The number of halogens is 3. The number of rotatable bonds is 4. The minimum absolute atomic E-state index is 0.0853. The molecule has 0 radical (unpaired) electrons. The number of aromatic nitrogens is 4. The van der Waals surface area contributed by atoms with Crippen molar-refractivity contribution < 1.29 is 22.6 Å². The van der Waals surface area contributed by atoms with Gasteiger partial charge in [0, 0.05) is 29.5 Å². The van der Waals surface area contributed by atoms with Crippen LogP contribution in [0.15, 0.2) is 18.2 Å². The van der Waals surface area contributed by atoms with Gasteiger partial charge in [0.2, 0.25) is 0 Å². The van der Waals surface area contributed by atoms with Gasteiger partial charge in [-0.25, -0.2) is 0 Å². The second-order valence-corrected chi connectivity index (χ2v) is 9.20. The topological polar surface area (TPSA) is 65.0 Å². The van der Waals surface area contributed by atoms with E-state index in [0.717, 1.165) is 22.2 Å². The van der Waals surface area contributed by atoms with E-state index in [1.54, 1.807) is 4.68 Å². The zero-order valence-corrected chi connectivity index (χ0v) is 18.4. The molecule has 1 fully saturated rings. The molecule has 1 aromatic carbocycles. The Hall–Kier alpha value is -2.39. The van der Waals surface area contributed by atoms with E-state index in [-0.39, 0.29) is 18.0 Å². The van der Waals surface area contributed by atoms with Crippen molar-refractivity contribution in [2.45, 2.75) is 70.4 Å². The number of H-pyrrole nitrogens is 1. The first-order chi connectivity index (χ1) is 15.2. The van der Waals surface area contributed by atoms with Crippen molar-refractivity contribution >= 4 is 10.9 Å². The number of hydrogen-bond donors (Lipinski definition) is 1. The van der Waals surface area contributed by atoms with Crippen molar-refractivity contribution in [1.29, 1.82) is 0 Å². The van der Waals surface area contributed by atoms with Gasteiger partial charge in [-0.15, -0.1) is 0 Å². The molecule has 1 aliphatic carbocycles. The molecule has 1 saturated heterocycles. The molecule has 0 amide bonds. The summed E-state index contributed by atoms with van der Waals surface area (Å²) in [5.74, 6) is -0.634. The predicted molar refractivity (Wildman–Crippen MR) is 112 cm³/mol. The summed E-state index contributed by atoms with van der Waals surface area (Å²) in [5.41, 5.74) is 3.01. The lowest BCUT2D eigenvalue weighted by molar-refractivity contribution is -0.167. The van der Waals surface area contributed by atoms with Crippen LogP contribution in [0.5, 0.6) is 0 Å². The van der Waals surface area contributed by atoms with Gasteiger partial charge < -0.3 is 9.47 Å². The largest absolute Gasteiger partial charge is 0.435 e. The number of hydrogen-bond acceptors (Lipinski definition) is 4. The van der Waals surface area contributed by atoms with Crippen LogP contribution in [0, 0.1) is 0 Å². The average Bonchev–Trinajstić information content (AvgIpc) is 3.44. The predicted octanol–water partition coefficient (Wildman–Crippen LogP) is 4.94. The van der Waals surface area contributed by atoms with Gasteiger partial charge in [-0.2, -0.15) is 23.4 Å². The maximum atomic E-state index is 13.8. The maximum Gasteiger partial charge on any atom is 0.435 e. The minimum atomic E-state index is -4.52. The Kier molecular flexibility index (Phi) is 5.09. The highest BCUT2D eigenvalue weighted by molar-refractivity contribution is 5.82. The monoisotopic (exact) mass is 448 g/mol. The number of nitrogens with one attached hydrogen (secondary N) is 1. The average molecular weight is 448 g/mol. The molecule has 0 saturated carbocycles. The van der Waals surface area contributed by atoms with Gasteiger partial charge in [0.1, 0.15) is 0 Å². The van der Waals surface area contributed by atoms with Crippen molar-refractivity contribution in [3.05, 3.63) is 46.4 Å². The van der Waals surface area contributed by atoms with E-state index in [4.69, 9.17) is 9.47 Å². The van der Waals surface area contributed by atoms with E-state index >= 15 is 0 Å². The van der Waals surface area contributed by atoms with Crippen LogP contribution in [0.25, 0.3) is 10.9 Å². The molecule has 3 aromatic rings. The highest BCUT2D eigenvalue weighted by Gasteiger charge is 2.47. The molecule has 1 aliphatic heterocycles. The summed E-state index contributed by atoms with van der Waals surface area (Å²) in [7, 11) is 0. The van der Waals surface area contributed by atoms with Crippen molar-refractivity contribution in [1.82, 2.24) is 20.0 Å². The number of aromatic amines is 1. The second-order valence-electron chi connectivity index (χ2n) is 9.20. The Morgan fingerprint density at radius 2 is 1.94 bits per heavy atom. The molecule has 2 aromatic heterocycles. The molecule has 32 heavy (non-hydrogen) atoms. The molecule has 1 unspecified atom stereocenters. The van der Waals surface area contributed by atoms with Gasteiger partial charge in [0.15, 0.2) is 11.5 Å². The van der Waals surface area contributed by atoms with Crippen LogP contribution in [0.2, 0.25) is 0 Å². The van der Waals surface area contributed by atoms with Crippen LogP contribution in [0.3, 0.4) is 0 Å². The highest BCUT2D eigenvalue weighted by Crippen LogP contribution is 2.42. The Balaban J connectivity index is 1.46. The van der Waals surface area contributed by atoms with Crippen LogP contribution < -0.4 is 0 Å². The van der Waals surface area contributed by atoms with Crippen LogP contribution in [0.4, 0.5) is 13.2 Å². The smallest absolute Gasteiger partial charge is 0.347 e. The molecular formula is C23H27F3N4O2. The first-order valence-electron chi connectivity index (χ1n) is 11.1. The second kappa shape index (κ2) is 7.59. The fraction of sp³-hybridized carbons (Fsp3) is 0.565. The summed E-state index contributed by atoms with van der Waals surface area (Å²) in [5, 5.41) is 12.6. The van der Waals surface area contributed by atoms with Crippen LogP contribution >= 0.6 is 0 Å².